The summed E-state index contributed by atoms with van der Waals surface area (Å²) in [5.41, 5.74) is 0.200. The van der Waals surface area contributed by atoms with Crippen LogP contribution in [0, 0.1) is 11.8 Å². The molecule has 30 heavy (non-hydrogen) atoms. The summed E-state index contributed by atoms with van der Waals surface area (Å²) >= 11 is 0. The number of ether oxygens (including phenoxy) is 1. The molecule has 0 saturated carbocycles. The van der Waals surface area contributed by atoms with Crippen LogP contribution < -0.4 is 10.6 Å². The van der Waals surface area contributed by atoms with Crippen molar-refractivity contribution < 1.29 is 22.7 Å². The number of hydrogen-bond donors (Lipinski definition) is 2. The molecule has 2 atom stereocenters. The van der Waals surface area contributed by atoms with Crippen LogP contribution in [0.3, 0.4) is 0 Å². The lowest BCUT2D eigenvalue weighted by molar-refractivity contribution is -0.124. The minimum Gasteiger partial charge on any atom is -0.381 e. The summed E-state index contributed by atoms with van der Waals surface area (Å²) < 4.78 is 32.1. The van der Waals surface area contributed by atoms with E-state index in [1.54, 1.807) is 19.9 Å². The second-order valence-electron chi connectivity index (χ2n) is 7.79. The van der Waals surface area contributed by atoms with Crippen molar-refractivity contribution >= 4 is 21.8 Å². The van der Waals surface area contributed by atoms with Crippen molar-refractivity contribution in [2.24, 2.45) is 11.8 Å². The Morgan fingerprint density at radius 3 is 2.50 bits per heavy atom. The zero-order chi connectivity index (χ0) is 22.3. The van der Waals surface area contributed by atoms with E-state index in [1.165, 1.54) is 22.5 Å². The number of hydrogen-bond acceptors (Lipinski definition) is 5. The number of rotatable bonds is 10. The topological polar surface area (TPSA) is 105 Å². The van der Waals surface area contributed by atoms with E-state index in [4.69, 9.17) is 4.74 Å². The summed E-state index contributed by atoms with van der Waals surface area (Å²) in [4.78, 5) is 25.5. The molecule has 1 aromatic carbocycles. The van der Waals surface area contributed by atoms with Gasteiger partial charge in [0.05, 0.1) is 11.5 Å². The monoisotopic (exact) mass is 439 g/mol. The summed E-state index contributed by atoms with van der Waals surface area (Å²) in [5.74, 6) is -0.572. The normalized spacial score (nSPS) is 17.9. The second kappa shape index (κ2) is 10.9. The smallest absolute Gasteiger partial charge is 0.251 e. The van der Waals surface area contributed by atoms with Crippen LogP contribution in [0.1, 0.15) is 44.5 Å². The van der Waals surface area contributed by atoms with Crippen LogP contribution in [0.4, 0.5) is 0 Å². The molecule has 0 aromatic heterocycles. The first-order chi connectivity index (χ1) is 14.2. The molecule has 1 aliphatic rings. The highest BCUT2D eigenvalue weighted by Crippen LogP contribution is 2.17. The summed E-state index contributed by atoms with van der Waals surface area (Å²) in [6.45, 7) is 9.77. The average molecular weight is 440 g/mol. The van der Waals surface area contributed by atoms with E-state index >= 15 is 0 Å². The third-order valence-electron chi connectivity index (χ3n) is 5.26. The molecule has 1 heterocycles. The molecule has 1 aliphatic heterocycles. The molecule has 1 aromatic rings. The van der Waals surface area contributed by atoms with E-state index < -0.39 is 22.0 Å². The number of amides is 2. The third kappa shape index (κ3) is 6.02. The number of sulfonamides is 1. The SMILES string of the molecule is CCN(CC)S(=O)(=O)c1cccc(C(=O)NC(C(=O)NCC2CCOC2)C(C)C)c1. The van der Waals surface area contributed by atoms with Crippen LogP contribution in [0.2, 0.25) is 0 Å². The molecule has 0 aliphatic carbocycles. The molecule has 8 nitrogen and oxygen atoms in total. The summed E-state index contributed by atoms with van der Waals surface area (Å²) in [6, 6.07) is 5.19. The zero-order valence-corrected chi connectivity index (χ0v) is 19.0. The Morgan fingerprint density at radius 2 is 1.93 bits per heavy atom. The first-order valence-corrected chi connectivity index (χ1v) is 11.9. The van der Waals surface area contributed by atoms with Crippen molar-refractivity contribution in [3.63, 3.8) is 0 Å². The number of carbonyl (C=O) groups excluding carboxylic acids is 2. The van der Waals surface area contributed by atoms with Gasteiger partial charge in [0.1, 0.15) is 6.04 Å². The van der Waals surface area contributed by atoms with Gasteiger partial charge in [0.15, 0.2) is 0 Å². The van der Waals surface area contributed by atoms with Crippen molar-refractivity contribution in [1.29, 1.82) is 0 Å². The fourth-order valence-corrected chi connectivity index (χ4v) is 4.87. The van der Waals surface area contributed by atoms with Crippen LogP contribution >= 0.6 is 0 Å². The van der Waals surface area contributed by atoms with Gasteiger partial charge in [0.2, 0.25) is 15.9 Å². The van der Waals surface area contributed by atoms with Crippen LogP contribution in [0.25, 0.3) is 0 Å². The molecule has 0 radical (unpaired) electrons. The highest BCUT2D eigenvalue weighted by molar-refractivity contribution is 7.89. The van der Waals surface area contributed by atoms with Gasteiger partial charge in [-0.15, -0.1) is 0 Å². The molecule has 2 rings (SSSR count). The van der Waals surface area contributed by atoms with Gasteiger partial charge in [0, 0.05) is 37.7 Å². The Kier molecular flexibility index (Phi) is 8.81. The first kappa shape index (κ1) is 24.3. The molecule has 2 amide bonds. The summed E-state index contributed by atoms with van der Waals surface area (Å²) in [7, 11) is -3.67. The van der Waals surface area contributed by atoms with Gasteiger partial charge in [-0.1, -0.05) is 33.8 Å². The van der Waals surface area contributed by atoms with Crippen molar-refractivity contribution in [2.75, 3.05) is 32.8 Å². The van der Waals surface area contributed by atoms with Gasteiger partial charge in [-0.05, 0) is 30.5 Å². The minimum absolute atomic E-state index is 0.0608. The van der Waals surface area contributed by atoms with Crippen molar-refractivity contribution in [1.82, 2.24) is 14.9 Å². The third-order valence-corrected chi connectivity index (χ3v) is 7.31. The highest BCUT2D eigenvalue weighted by atomic mass is 32.2. The van der Waals surface area contributed by atoms with Crippen LogP contribution in [0.5, 0.6) is 0 Å². The molecule has 2 unspecified atom stereocenters. The molecule has 0 bridgehead atoms. The Hall–Kier alpha value is -1.97. The molecule has 2 N–H and O–H groups in total. The van der Waals surface area contributed by atoms with Crippen LogP contribution in [-0.4, -0.2) is 63.4 Å². The standard InChI is InChI=1S/C21H33N3O5S/c1-5-24(6-2)30(27,28)18-9-7-8-17(12-18)20(25)23-19(15(3)4)21(26)22-13-16-10-11-29-14-16/h7-9,12,15-16,19H,5-6,10-11,13-14H2,1-4H3,(H,22,26)(H,23,25). The summed E-state index contributed by atoms with van der Waals surface area (Å²) in [5, 5.41) is 5.65. The maximum atomic E-state index is 12.8. The lowest BCUT2D eigenvalue weighted by Gasteiger charge is -2.23. The Bertz CT molecular complexity index is 831. The number of benzene rings is 1. The first-order valence-electron chi connectivity index (χ1n) is 10.5. The van der Waals surface area contributed by atoms with E-state index in [2.05, 4.69) is 10.6 Å². The Labute approximate surface area is 179 Å². The molecule has 0 spiro atoms. The van der Waals surface area contributed by atoms with Gasteiger partial charge in [-0.2, -0.15) is 4.31 Å². The second-order valence-corrected chi connectivity index (χ2v) is 9.73. The van der Waals surface area contributed by atoms with Gasteiger partial charge in [-0.25, -0.2) is 8.42 Å². The van der Waals surface area contributed by atoms with Crippen molar-refractivity contribution in [3.05, 3.63) is 29.8 Å². The quantitative estimate of drug-likeness (QED) is 0.576. The Balaban J connectivity index is 2.11. The number of nitrogens with zero attached hydrogens (tertiary/aromatic N) is 1. The van der Waals surface area contributed by atoms with E-state index in [9.17, 15) is 18.0 Å². The largest absolute Gasteiger partial charge is 0.381 e. The fraction of sp³-hybridized carbons (Fsp3) is 0.619. The van der Waals surface area contributed by atoms with E-state index in [0.29, 0.717) is 38.8 Å². The van der Waals surface area contributed by atoms with Gasteiger partial charge in [-0.3, -0.25) is 9.59 Å². The Morgan fingerprint density at radius 1 is 1.23 bits per heavy atom. The molecular weight excluding hydrogens is 406 g/mol. The molecule has 168 valence electrons. The number of nitrogens with one attached hydrogen (secondary N) is 2. The average Bonchev–Trinajstić information content (AvgIpc) is 3.24. The van der Waals surface area contributed by atoms with Crippen LogP contribution in [-0.2, 0) is 19.6 Å². The molecule has 9 heteroatoms. The van der Waals surface area contributed by atoms with Crippen molar-refractivity contribution in [2.45, 2.75) is 45.1 Å². The summed E-state index contributed by atoms with van der Waals surface area (Å²) in [6.07, 6.45) is 0.910. The highest BCUT2D eigenvalue weighted by Gasteiger charge is 2.27. The predicted molar refractivity (Wildman–Crippen MR) is 115 cm³/mol. The number of carbonyl (C=O) groups is 2. The maximum Gasteiger partial charge on any atom is 0.251 e. The zero-order valence-electron chi connectivity index (χ0n) is 18.2. The van der Waals surface area contributed by atoms with Gasteiger partial charge < -0.3 is 15.4 Å². The van der Waals surface area contributed by atoms with Gasteiger partial charge in [0.25, 0.3) is 5.91 Å². The van der Waals surface area contributed by atoms with E-state index in [1.807, 2.05) is 13.8 Å². The molecule has 1 fully saturated rings. The molecule has 1 saturated heterocycles. The predicted octanol–water partition coefficient (Wildman–Crippen LogP) is 1.62. The van der Waals surface area contributed by atoms with Crippen LogP contribution in [0.15, 0.2) is 29.2 Å². The molecular formula is C21H33N3O5S. The maximum absolute atomic E-state index is 12.8. The lowest BCUT2D eigenvalue weighted by Crippen LogP contribution is -2.50. The lowest BCUT2D eigenvalue weighted by atomic mass is 10.0. The van der Waals surface area contributed by atoms with E-state index in [-0.39, 0.29) is 22.3 Å². The van der Waals surface area contributed by atoms with Gasteiger partial charge >= 0.3 is 0 Å². The fourth-order valence-electron chi connectivity index (χ4n) is 3.37. The minimum atomic E-state index is -3.67. The van der Waals surface area contributed by atoms with Crippen molar-refractivity contribution in [3.8, 4) is 0 Å². The van der Waals surface area contributed by atoms with E-state index in [0.717, 1.165) is 6.42 Å².